The fourth-order valence-electron chi connectivity index (χ4n) is 6.32. The molecule has 1 aliphatic rings. The van der Waals surface area contributed by atoms with Gasteiger partial charge in [0.2, 0.25) is 11.8 Å². The second kappa shape index (κ2) is 15.0. The fourth-order valence-corrected chi connectivity index (χ4v) is 7.88. The Morgan fingerprint density at radius 1 is 1.02 bits per heavy atom. The molecule has 50 heavy (non-hydrogen) atoms. The lowest BCUT2D eigenvalue weighted by atomic mass is 10.0. The molecule has 0 radical (unpaired) electrons. The smallest absolute Gasteiger partial charge is 0.248 e. The van der Waals surface area contributed by atoms with Crippen LogP contribution in [0.25, 0.3) is 22.0 Å². The number of pyridine rings is 1. The van der Waals surface area contributed by atoms with Crippen molar-refractivity contribution in [2.75, 3.05) is 11.9 Å². The summed E-state index contributed by atoms with van der Waals surface area (Å²) in [6.45, 7) is 7.58. The molecular formula is C36H35BrFIN8O3. The minimum atomic E-state index is -0.812. The first kappa shape index (κ1) is 35.7. The van der Waals surface area contributed by atoms with E-state index in [-0.39, 0.29) is 45.6 Å². The zero-order chi connectivity index (χ0) is 35.7. The van der Waals surface area contributed by atoms with Crippen LogP contribution in [0.4, 0.5) is 10.2 Å². The van der Waals surface area contributed by atoms with Crippen LogP contribution in [0.3, 0.4) is 0 Å². The lowest BCUT2D eigenvalue weighted by molar-refractivity contribution is -0.137. The molecule has 6 rings (SSSR count). The SMILES string of the molecule is CC(=O)c1nn(CC(=O)N2[C@H](I)[C@@H](CNCc3ccccc3F)C[C@H]2C(=O)Nc2nc(Br)ccc2C)c2c(C)cc(-c3cnc(C)nc3)cc12. The van der Waals surface area contributed by atoms with Crippen LogP contribution in [0.15, 0.2) is 65.5 Å². The number of aryl methyl sites for hydroxylation is 3. The van der Waals surface area contributed by atoms with Crippen LogP contribution in [-0.4, -0.2) is 63.9 Å². The van der Waals surface area contributed by atoms with Crippen molar-refractivity contribution in [3.05, 3.63) is 99.6 Å². The van der Waals surface area contributed by atoms with E-state index in [4.69, 9.17) is 0 Å². The molecule has 0 spiro atoms. The Morgan fingerprint density at radius 3 is 2.48 bits per heavy atom. The van der Waals surface area contributed by atoms with Gasteiger partial charge in [-0.3, -0.25) is 19.1 Å². The number of rotatable bonds is 10. The number of hydrogen-bond donors (Lipinski definition) is 2. The number of carbonyl (C=O) groups is 3. The largest absolute Gasteiger partial charge is 0.317 e. The Balaban J connectivity index is 1.30. The summed E-state index contributed by atoms with van der Waals surface area (Å²) in [6.07, 6.45) is 3.84. The molecule has 2 N–H and O–H groups in total. The summed E-state index contributed by atoms with van der Waals surface area (Å²) in [5.74, 6) is -0.290. The molecule has 11 nitrogen and oxygen atoms in total. The Bertz CT molecular complexity index is 2110. The average Bonchev–Trinajstić information content (AvgIpc) is 3.61. The van der Waals surface area contributed by atoms with E-state index in [1.165, 1.54) is 13.0 Å². The Hall–Kier alpha value is -4.15. The molecule has 3 atom stereocenters. The number of carbonyl (C=O) groups excluding carboxylic acids is 3. The van der Waals surface area contributed by atoms with Crippen LogP contribution in [0, 0.1) is 32.5 Å². The first-order valence-corrected chi connectivity index (χ1v) is 18.1. The summed E-state index contributed by atoms with van der Waals surface area (Å²) >= 11 is 5.58. The molecule has 14 heteroatoms. The van der Waals surface area contributed by atoms with Crippen molar-refractivity contribution >= 4 is 72.8 Å². The molecule has 0 aliphatic carbocycles. The van der Waals surface area contributed by atoms with Gasteiger partial charge in [0.1, 0.15) is 40.3 Å². The van der Waals surface area contributed by atoms with Crippen LogP contribution in [0.1, 0.15) is 46.3 Å². The van der Waals surface area contributed by atoms with Crippen molar-refractivity contribution in [2.24, 2.45) is 5.92 Å². The van der Waals surface area contributed by atoms with Gasteiger partial charge in [0.15, 0.2) is 5.78 Å². The molecule has 3 aromatic heterocycles. The highest BCUT2D eigenvalue weighted by atomic mass is 127. The van der Waals surface area contributed by atoms with E-state index >= 15 is 0 Å². The molecule has 1 aliphatic heterocycles. The molecule has 1 saturated heterocycles. The summed E-state index contributed by atoms with van der Waals surface area (Å²) in [7, 11) is 0. The summed E-state index contributed by atoms with van der Waals surface area (Å²) in [4.78, 5) is 55.7. The third kappa shape index (κ3) is 7.47. The number of halogens is 3. The van der Waals surface area contributed by atoms with Crippen molar-refractivity contribution in [3.8, 4) is 11.1 Å². The van der Waals surface area contributed by atoms with E-state index in [0.29, 0.717) is 52.2 Å². The van der Waals surface area contributed by atoms with Crippen molar-refractivity contribution in [1.29, 1.82) is 0 Å². The predicted octanol–water partition coefficient (Wildman–Crippen LogP) is 6.32. The van der Waals surface area contributed by atoms with Gasteiger partial charge in [-0.1, -0.05) is 46.9 Å². The monoisotopic (exact) mass is 852 g/mol. The molecule has 2 aromatic carbocycles. The number of aromatic nitrogens is 5. The highest BCUT2D eigenvalue weighted by Gasteiger charge is 2.46. The van der Waals surface area contributed by atoms with E-state index in [1.807, 2.05) is 39.0 Å². The molecule has 0 unspecified atom stereocenters. The van der Waals surface area contributed by atoms with Gasteiger partial charge in [-0.15, -0.1) is 0 Å². The molecule has 5 aromatic rings. The van der Waals surface area contributed by atoms with E-state index < -0.39 is 6.04 Å². The zero-order valence-electron chi connectivity index (χ0n) is 27.9. The van der Waals surface area contributed by atoms with Crippen molar-refractivity contribution in [1.82, 2.24) is 34.9 Å². The third-order valence-electron chi connectivity index (χ3n) is 8.86. The van der Waals surface area contributed by atoms with Gasteiger partial charge in [0.25, 0.3) is 0 Å². The van der Waals surface area contributed by atoms with Crippen LogP contribution >= 0.6 is 38.5 Å². The van der Waals surface area contributed by atoms with Crippen LogP contribution in [0.2, 0.25) is 0 Å². The maximum Gasteiger partial charge on any atom is 0.248 e. The first-order chi connectivity index (χ1) is 23.9. The fraction of sp³-hybridized carbons (Fsp3) is 0.306. The molecular weight excluding hydrogens is 818 g/mol. The van der Waals surface area contributed by atoms with Crippen LogP contribution in [0.5, 0.6) is 0 Å². The quantitative estimate of drug-likeness (QED) is 0.0548. The summed E-state index contributed by atoms with van der Waals surface area (Å²) in [6, 6.07) is 13.2. The number of nitrogens with one attached hydrogen (secondary N) is 2. The van der Waals surface area contributed by atoms with E-state index in [2.05, 4.69) is 69.2 Å². The minimum Gasteiger partial charge on any atom is -0.317 e. The molecule has 0 saturated carbocycles. The number of anilines is 1. The zero-order valence-corrected chi connectivity index (χ0v) is 31.6. The minimum absolute atomic E-state index is 0.123. The molecule has 1 fully saturated rings. The number of benzene rings is 2. The number of hydrogen-bond acceptors (Lipinski definition) is 8. The highest BCUT2D eigenvalue weighted by molar-refractivity contribution is 14.1. The molecule has 258 valence electrons. The number of ketones is 1. The average molecular weight is 854 g/mol. The van der Waals surface area contributed by atoms with E-state index in [0.717, 1.165) is 22.3 Å². The number of Topliss-reactive ketones (excluding diaryl/α,β-unsaturated/α-hetero) is 1. The van der Waals surface area contributed by atoms with Gasteiger partial charge >= 0.3 is 0 Å². The second-order valence-electron chi connectivity index (χ2n) is 12.5. The topological polar surface area (TPSA) is 135 Å². The van der Waals surface area contributed by atoms with Gasteiger partial charge in [0.05, 0.1) is 9.57 Å². The van der Waals surface area contributed by atoms with Gasteiger partial charge in [-0.2, -0.15) is 5.10 Å². The maximum absolute atomic E-state index is 14.3. The molecule has 2 amide bonds. The van der Waals surface area contributed by atoms with Gasteiger partial charge in [-0.25, -0.2) is 19.3 Å². The standard InChI is InChI=1S/C36H35BrFIN8O3/c1-19-9-10-30(37)43-35(19)44-36(50)29-13-25(15-40-14-23-7-5-6-8-28(23)38)34(39)47(29)31(49)18-46-33-20(2)11-24(26-16-41-22(4)42-17-26)12-27(33)32(45-46)21(3)48/h5-12,16-17,25,29,34,40H,13-15,18H2,1-4H3,(H,43,44,50)/t25-,29+,34+/m1/s1. The predicted molar refractivity (Wildman–Crippen MR) is 200 cm³/mol. The van der Waals surface area contributed by atoms with Gasteiger partial charge in [-0.05, 0) is 84.1 Å². The number of amides is 2. The van der Waals surface area contributed by atoms with Crippen molar-refractivity contribution in [3.63, 3.8) is 0 Å². The Kier molecular flexibility index (Phi) is 10.7. The Labute approximate surface area is 310 Å². The van der Waals surface area contributed by atoms with E-state index in [9.17, 15) is 18.8 Å². The highest BCUT2D eigenvalue weighted by Crippen LogP contribution is 2.36. The summed E-state index contributed by atoms with van der Waals surface area (Å²) < 4.78 is 16.1. The lowest BCUT2D eigenvalue weighted by Crippen LogP contribution is -2.47. The molecule has 4 heterocycles. The van der Waals surface area contributed by atoms with Crippen molar-refractivity contribution in [2.45, 2.75) is 57.3 Å². The molecule has 0 bridgehead atoms. The number of nitrogens with zero attached hydrogens (tertiary/aromatic N) is 6. The van der Waals surface area contributed by atoms with Crippen LogP contribution < -0.4 is 10.6 Å². The second-order valence-corrected chi connectivity index (χ2v) is 14.6. The first-order valence-electron chi connectivity index (χ1n) is 16.1. The number of alkyl halides is 1. The van der Waals surface area contributed by atoms with Crippen LogP contribution in [-0.2, 0) is 22.7 Å². The number of likely N-dealkylation sites (tertiary alicyclic amines) is 1. The Morgan fingerprint density at radius 2 is 1.76 bits per heavy atom. The van der Waals surface area contributed by atoms with Gasteiger partial charge < -0.3 is 15.5 Å². The lowest BCUT2D eigenvalue weighted by Gasteiger charge is -2.28. The normalized spacial score (nSPS) is 17.3. The number of fused-ring (bicyclic) bond motifs is 1. The summed E-state index contributed by atoms with van der Waals surface area (Å²) in [5, 5.41) is 11.5. The maximum atomic E-state index is 14.3. The summed E-state index contributed by atoms with van der Waals surface area (Å²) in [5.41, 5.74) is 4.66. The third-order valence-corrected chi connectivity index (χ3v) is 10.9. The van der Waals surface area contributed by atoms with E-state index in [1.54, 1.807) is 46.2 Å². The van der Waals surface area contributed by atoms with Gasteiger partial charge in [0, 0.05) is 54.8 Å². The van der Waals surface area contributed by atoms with Crippen molar-refractivity contribution < 1.29 is 18.8 Å².